The number of carbonyl (C=O) groups is 1. The van der Waals surface area contributed by atoms with Gasteiger partial charge in [0.2, 0.25) is 5.76 Å². The highest BCUT2D eigenvalue weighted by atomic mass is 16.6. The Balaban J connectivity index is 1.90. The lowest BCUT2D eigenvalue weighted by molar-refractivity contribution is -0.0803. The maximum atomic E-state index is 10.8. The Bertz CT molecular complexity index is 661. The van der Waals surface area contributed by atoms with Crippen LogP contribution in [0.25, 0.3) is 11.3 Å². The molecule has 1 aliphatic rings. The summed E-state index contributed by atoms with van der Waals surface area (Å²) in [5, 5.41) is 12.6. The van der Waals surface area contributed by atoms with E-state index in [9.17, 15) is 4.79 Å². The summed E-state index contributed by atoms with van der Waals surface area (Å²) in [4.78, 5) is 10.8. The summed E-state index contributed by atoms with van der Waals surface area (Å²) in [6.07, 6.45) is 0.000962. The number of rotatable bonds is 5. The first-order valence-electron chi connectivity index (χ1n) is 6.30. The molecule has 1 fully saturated rings. The molecule has 7 nitrogen and oxygen atoms in total. The Morgan fingerprint density at radius 1 is 1.33 bits per heavy atom. The average molecular weight is 291 g/mol. The molecular formula is C14H13NO6. The van der Waals surface area contributed by atoms with Gasteiger partial charge in [-0.2, -0.15) is 0 Å². The minimum absolute atomic E-state index is 0.000962. The monoisotopic (exact) mass is 291 g/mol. The topological polar surface area (TPSA) is 91.0 Å². The molecule has 0 saturated carbocycles. The number of aromatic nitrogens is 1. The second kappa shape index (κ2) is 5.45. The van der Waals surface area contributed by atoms with Gasteiger partial charge in [-0.05, 0) is 18.2 Å². The highest BCUT2D eigenvalue weighted by Gasteiger charge is 2.22. The van der Waals surface area contributed by atoms with E-state index >= 15 is 0 Å². The zero-order valence-corrected chi connectivity index (χ0v) is 11.2. The van der Waals surface area contributed by atoms with E-state index in [0.29, 0.717) is 36.0 Å². The van der Waals surface area contributed by atoms with Gasteiger partial charge in [0.15, 0.2) is 11.5 Å². The molecule has 1 N–H and O–H groups in total. The van der Waals surface area contributed by atoms with Crippen LogP contribution in [0, 0.1) is 0 Å². The number of carboxylic acids is 1. The van der Waals surface area contributed by atoms with Gasteiger partial charge >= 0.3 is 5.97 Å². The standard InChI is InChI=1S/C14H13NO6/c1-18-11-3-2-8(4-12(11)20-9-6-19-7-9)10-5-13(14(16)17)21-15-10/h2-5,9H,6-7H2,1H3,(H,16,17). The Morgan fingerprint density at radius 2 is 2.14 bits per heavy atom. The van der Waals surface area contributed by atoms with Gasteiger partial charge in [-0.25, -0.2) is 4.79 Å². The van der Waals surface area contributed by atoms with Gasteiger partial charge in [0.1, 0.15) is 11.8 Å². The molecule has 0 aliphatic carbocycles. The van der Waals surface area contributed by atoms with Crippen LogP contribution in [-0.2, 0) is 4.74 Å². The molecule has 0 bridgehead atoms. The largest absolute Gasteiger partial charge is 0.493 e. The number of methoxy groups -OCH3 is 1. The van der Waals surface area contributed by atoms with Crippen molar-refractivity contribution in [1.29, 1.82) is 0 Å². The fourth-order valence-corrected chi connectivity index (χ4v) is 1.90. The van der Waals surface area contributed by atoms with E-state index in [0.717, 1.165) is 0 Å². The number of hydrogen-bond acceptors (Lipinski definition) is 6. The molecular weight excluding hydrogens is 278 g/mol. The van der Waals surface area contributed by atoms with Crippen molar-refractivity contribution in [2.24, 2.45) is 0 Å². The smallest absolute Gasteiger partial charge is 0.374 e. The number of ether oxygens (including phenoxy) is 3. The fraction of sp³-hybridized carbons (Fsp3) is 0.286. The highest BCUT2D eigenvalue weighted by molar-refractivity contribution is 5.85. The Hall–Kier alpha value is -2.54. The summed E-state index contributed by atoms with van der Waals surface area (Å²) < 4.78 is 20.8. The third-order valence-corrected chi connectivity index (χ3v) is 3.08. The van der Waals surface area contributed by atoms with Gasteiger partial charge in [-0.3, -0.25) is 0 Å². The van der Waals surface area contributed by atoms with E-state index in [1.54, 1.807) is 25.3 Å². The fourth-order valence-electron chi connectivity index (χ4n) is 1.90. The number of aromatic carboxylic acids is 1. The van der Waals surface area contributed by atoms with Crippen LogP contribution in [-0.4, -0.2) is 42.7 Å². The van der Waals surface area contributed by atoms with E-state index in [2.05, 4.69) is 5.16 Å². The molecule has 3 rings (SSSR count). The molecule has 2 heterocycles. The first-order chi connectivity index (χ1) is 10.2. The summed E-state index contributed by atoms with van der Waals surface area (Å²) in [6.45, 7) is 1.08. The molecule has 0 radical (unpaired) electrons. The van der Waals surface area contributed by atoms with Crippen molar-refractivity contribution in [3.05, 3.63) is 30.0 Å². The summed E-state index contributed by atoms with van der Waals surface area (Å²) in [6, 6.07) is 6.59. The molecule has 21 heavy (non-hydrogen) atoms. The van der Waals surface area contributed by atoms with Gasteiger partial charge in [0.25, 0.3) is 0 Å². The maximum absolute atomic E-state index is 10.8. The van der Waals surface area contributed by atoms with Crippen molar-refractivity contribution in [3.8, 4) is 22.8 Å². The quantitative estimate of drug-likeness (QED) is 0.898. The maximum Gasteiger partial charge on any atom is 0.374 e. The Labute approximate surface area is 120 Å². The van der Waals surface area contributed by atoms with Crippen molar-refractivity contribution in [1.82, 2.24) is 5.16 Å². The first-order valence-corrected chi connectivity index (χ1v) is 6.30. The van der Waals surface area contributed by atoms with Crippen LogP contribution < -0.4 is 9.47 Å². The third-order valence-electron chi connectivity index (χ3n) is 3.08. The summed E-state index contributed by atoms with van der Waals surface area (Å²) in [5.41, 5.74) is 1.10. The van der Waals surface area contributed by atoms with Crippen molar-refractivity contribution < 1.29 is 28.6 Å². The molecule has 7 heteroatoms. The minimum Gasteiger partial charge on any atom is -0.493 e. The lowest BCUT2D eigenvalue weighted by Gasteiger charge is -2.27. The summed E-state index contributed by atoms with van der Waals surface area (Å²) >= 11 is 0. The van der Waals surface area contributed by atoms with Gasteiger partial charge in [-0.1, -0.05) is 5.16 Å². The van der Waals surface area contributed by atoms with Gasteiger partial charge < -0.3 is 23.8 Å². The number of hydrogen-bond donors (Lipinski definition) is 1. The van der Waals surface area contributed by atoms with Crippen molar-refractivity contribution in [2.45, 2.75) is 6.10 Å². The molecule has 1 aliphatic heterocycles. The highest BCUT2D eigenvalue weighted by Crippen LogP contribution is 2.33. The van der Waals surface area contributed by atoms with Crippen LogP contribution >= 0.6 is 0 Å². The molecule has 0 spiro atoms. The van der Waals surface area contributed by atoms with E-state index in [1.165, 1.54) is 6.07 Å². The average Bonchev–Trinajstić information content (AvgIpc) is 2.92. The van der Waals surface area contributed by atoms with Crippen molar-refractivity contribution >= 4 is 5.97 Å². The molecule has 0 unspecified atom stereocenters. The van der Waals surface area contributed by atoms with Crippen LogP contribution in [0.15, 0.2) is 28.8 Å². The predicted molar refractivity (Wildman–Crippen MR) is 70.7 cm³/mol. The normalized spacial score (nSPS) is 14.5. The molecule has 0 atom stereocenters. The van der Waals surface area contributed by atoms with Crippen LogP contribution in [0.4, 0.5) is 0 Å². The minimum atomic E-state index is -1.16. The second-order valence-corrected chi connectivity index (χ2v) is 4.52. The van der Waals surface area contributed by atoms with Crippen LogP contribution in [0.3, 0.4) is 0 Å². The molecule has 0 amide bonds. The number of carboxylic acid groups (broad SMARTS) is 1. The van der Waals surface area contributed by atoms with Crippen LogP contribution in [0.2, 0.25) is 0 Å². The number of benzene rings is 1. The van der Waals surface area contributed by atoms with Crippen molar-refractivity contribution in [3.63, 3.8) is 0 Å². The molecule has 1 saturated heterocycles. The molecule has 1 aromatic heterocycles. The summed E-state index contributed by atoms with van der Waals surface area (Å²) in [7, 11) is 1.55. The van der Waals surface area contributed by atoms with E-state index < -0.39 is 5.97 Å². The van der Waals surface area contributed by atoms with E-state index in [4.69, 9.17) is 23.8 Å². The second-order valence-electron chi connectivity index (χ2n) is 4.52. The van der Waals surface area contributed by atoms with E-state index in [1.807, 2.05) is 0 Å². The Kier molecular flexibility index (Phi) is 3.49. The van der Waals surface area contributed by atoms with Crippen LogP contribution in [0.5, 0.6) is 11.5 Å². The van der Waals surface area contributed by atoms with E-state index in [-0.39, 0.29) is 11.9 Å². The molecule has 1 aromatic carbocycles. The lowest BCUT2D eigenvalue weighted by Crippen LogP contribution is -2.38. The zero-order valence-electron chi connectivity index (χ0n) is 11.2. The molecule has 2 aromatic rings. The Morgan fingerprint density at radius 3 is 2.71 bits per heavy atom. The predicted octanol–water partition coefficient (Wildman–Crippen LogP) is 1.83. The van der Waals surface area contributed by atoms with Gasteiger partial charge in [-0.15, -0.1) is 0 Å². The zero-order chi connectivity index (χ0) is 14.8. The lowest BCUT2D eigenvalue weighted by atomic mass is 10.1. The summed E-state index contributed by atoms with van der Waals surface area (Å²) in [5.74, 6) is -0.225. The van der Waals surface area contributed by atoms with Gasteiger partial charge in [0.05, 0.1) is 20.3 Å². The van der Waals surface area contributed by atoms with Crippen molar-refractivity contribution in [2.75, 3.05) is 20.3 Å². The van der Waals surface area contributed by atoms with Gasteiger partial charge in [0, 0.05) is 11.6 Å². The molecule has 110 valence electrons. The number of nitrogens with zero attached hydrogens (tertiary/aromatic N) is 1. The SMILES string of the molecule is COc1ccc(-c2cc(C(=O)O)on2)cc1OC1COC1. The third kappa shape index (κ3) is 2.68. The van der Waals surface area contributed by atoms with Crippen LogP contribution in [0.1, 0.15) is 10.6 Å². The first kappa shape index (κ1) is 13.4.